The lowest BCUT2D eigenvalue weighted by atomic mass is 10.1. The summed E-state index contributed by atoms with van der Waals surface area (Å²) in [6.45, 7) is 0.988. The molecule has 0 heterocycles. The minimum absolute atomic E-state index is 0.0713. The second kappa shape index (κ2) is 8.62. The quantitative estimate of drug-likeness (QED) is 0.624. The number of nitrogens with one attached hydrogen (secondary N) is 1. The molecule has 0 aliphatic carbocycles. The Morgan fingerprint density at radius 1 is 1.44 bits per heavy atom. The van der Waals surface area contributed by atoms with Crippen molar-refractivity contribution in [2.24, 2.45) is 5.73 Å². The van der Waals surface area contributed by atoms with Crippen LogP contribution in [0.5, 0.6) is 0 Å². The first-order chi connectivity index (χ1) is 8.79. The highest BCUT2D eigenvalue weighted by Crippen LogP contribution is 2.07. The summed E-state index contributed by atoms with van der Waals surface area (Å²) in [6.07, 6.45) is 3.03. The molecule has 1 aromatic carbocycles. The maximum absolute atomic E-state index is 12.0. The number of carbonyl (C=O) groups excluding carboxylic acids is 1. The summed E-state index contributed by atoms with van der Waals surface area (Å²) in [4.78, 5) is 12.0. The number of benzene rings is 1. The molecule has 1 rings (SSSR count). The van der Waals surface area contributed by atoms with E-state index in [1.807, 2.05) is 18.2 Å². The van der Waals surface area contributed by atoms with E-state index in [2.05, 4.69) is 23.4 Å². The predicted octanol–water partition coefficient (Wildman–Crippen LogP) is 1.48. The van der Waals surface area contributed by atoms with Gasteiger partial charge in [0.1, 0.15) is 0 Å². The van der Waals surface area contributed by atoms with Crippen LogP contribution in [0.1, 0.15) is 22.3 Å². The second-order valence-corrected chi connectivity index (χ2v) is 4.64. The zero-order valence-electron chi connectivity index (χ0n) is 10.5. The number of hydrogen-bond acceptors (Lipinski definition) is 3. The molecule has 0 aliphatic heterocycles. The fourth-order valence-electron chi connectivity index (χ4n) is 1.45. The highest BCUT2D eigenvalue weighted by atomic mass is 32.2. The summed E-state index contributed by atoms with van der Waals surface area (Å²) in [5, 5.41) is 2.90. The van der Waals surface area contributed by atoms with E-state index in [0.29, 0.717) is 18.7 Å². The van der Waals surface area contributed by atoms with Crippen LogP contribution in [0.15, 0.2) is 24.3 Å². The van der Waals surface area contributed by atoms with Gasteiger partial charge in [0.2, 0.25) is 0 Å². The van der Waals surface area contributed by atoms with E-state index in [1.54, 1.807) is 17.8 Å². The largest absolute Gasteiger partial charge is 0.352 e. The van der Waals surface area contributed by atoms with Gasteiger partial charge in [-0.15, -0.1) is 0 Å². The van der Waals surface area contributed by atoms with Crippen molar-refractivity contribution < 1.29 is 4.79 Å². The summed E-state index contributed by atoms with van der Waals surface area (Å²) in [6, 6.07) is 7.32. The van der Waals surface area contributed by atoms with Crippen molar-refractivity contribution in [1.29, 1.82) is 0 Å². The number of nitrogens with two attached hydrogens (primary N) is 1. The van der Waals surface area contributed by atoms with E-state index in [4.69, 9.17) is 5.73 Å². The maximum Gasteiger partial charge on any atom is 0.252 e. The Morgan fingerprint density at radius 3 is 2.94 bits per heavy atom. The average molecular weight is 262 g/mol. The summed E-state index contributed by atoms with van der Waals surface area (Å²) >= 11 is 1.78. The molecule has 0 aliphatic rings. The van der Waals surface area contributed by atoms with Gasteiger partial charge in [-0.2, -0.15) is 11.8 Å². The minimum Gasteiger partial charge on any atom is -0.352 e. The number of thioether (sulfide) groups is 1. The third-order valence-electron chi connectivity index (χ3n) is 2.31. The Balaban J connectivity index is 2.67. The topological polar surface area (TPSA) is 55.1 Å². The van der Waals surface area contributed by atoms with Crippen LogP contribution >= 0.6 is 11.8 Å². The Labute approximate surface area is 113 Å². The zero-order chi connectivity index (χ0) is 13.2. The first kappa shape index (κ1) is 14.6. The van der Waals surface area contributed by atoms with Gasteiger partial charge in [-0.3, -0.25) is 4.79 Å². The van der Waals surface area contributed by atoms with Crippen LogP contribution in [0.4, 0.5) is 0 Å². The van der Waals surface area contributed by atoms with Crippen LogP contribution in [0.2, 0.25) is 0 Å². The van der Waals surface area contributed by atoms with Gasteiger partial charge in [-0.05, 0) is 30.6 Å². The van der Waals surface area contributed by atoms with Crippen molar-refractivity contribution in [3.8, 4) is 11.8 Å². The first-order valence-electron chi connectivity index (χ1n) is 5.84. The van der Waals surface area contributed by atoms with E-state index in [1.165, 1.54) is 0 Å². The molecule has 4 heteroatoms. The van der Waals surface area contributed by atoms with Gasteiger partial charge in [-0.1, -0.05) is 24.0 Å². The summed E-state index contributed by atoms with van der Waals surface area (Å²) in [7, 11) is 0. The number of amides is 1. The Kier molecular flexibility index (Phi) is 7.00. The molecule has 96 valence electrons. The van der Waals surface area contributed by atoms with Crippen molar-refractivity contribution in [3.63, 3.8) is 0 Å². The molecule has 1 aromatic rings. The molecule has 0 bridgehead atoms. The summed E-state index contributed by atoms with van der Waals surface area (Å²) in [5.41, 5.74) is 6.68. The van der Waals surface area contributed by atoms with Crippen molar-refractivity contribution in [3.05, 3.63) is 35.4 Å². The standard InChI is InChI=1S/C14H18N2OS/c1-18-11-5-10-16-14(17)13-8-3-2-6-12(13)7-4-9-15/h2-3,6,8H,5,9-11,15H2,1H3,(H,16,17). The Hall–Kier alpha value is -1.44. The maximum atomic E-state index is 12.0. The predicted molar refractivity (Wildman–Crippen MR) is 77.7 cm³/mol. The SMILES string of the molecule is CSCCCNC(=O)c1ccccc1C#CCN. The molecule has 0 atom stereocenters. The van der Waals surface area contributed by atoms with Crippen molar-refractivity contribution in [1.82, 2.24) is 5.32 Å². The highest BCUT2D eigenvalue weighted by molar-refractivity contribution is 7.98. The van der Waals surface area contributed by atoms with Crippen LogP contribution in [0.3, 0.4) is 0 Å². The molecule has 0 saturated heterocycles. The lowest BCUT2D eigenvalue weighted by Gasteiger charge is -2.06. The molecule has 0 unspecified atom stereocenters. The van der Waals surface area contributed by atoms with Crippen LogP contribution in [0, 0.1) is 11.8 Å². The van der Waals surface area contributed by atoms with Gasteiger partial charge >= 0.3 is 0 Å². The third kappa shape index (κ3) is 4.82. The summed E-state index contributed by atoms with van der Waals surface area (Å²) in [5.74, 6) is 6.67. The smallest absolute Gasteiger partial charge is 0.252 e. The molecular formula is C14H18N2OS. The number of carbonyl (C=O) groups is 1. The molecule has 3 nitrogen and oxygen atoms in total. The van der Waals surface area contributed by atoms with Gasteiger partial charge in [0, 0.05) is 12.1 Å². The van der Waals surface area contributed by atoms with Crippen molar-refractivity contribution in [2.45, 2.75) is 6.42 Å². The second-order valence-electron chi connectivity index (χ2n) is 3.65. The van der Waals surface area contributed by atoms with Crippen LogP contribution in [-0.2, 0) is 0 Å². The number of rotatable bonds is 5. The molecule has 0 fully saturated rings. The van der Waals surface area contributed by atoms with Gasteiger partial charge in [0.15, 0.2) is 0 Å². The highest BCUT2D eigenvalue weighted by Gasteiger charge is 2.08. The molecule has 0 saturated carbocycles. The van der Waals surface area contributed by atoms with Gasteiger partial charge < -0.3 is 11.1 Å². The lowest BCUT2D eigenvalue weighted by molar-refractivity contribution is 0.0953. The minimum atomic E-state index is -0.0713. The Bertz CT molecular complexity index is 449. The van der Waals surface area contributed by atoms with E-state index >= 15 is 0 Å². The van der Waals surface area contributed by atoms with E-state index in [-0.39, 0.29) is 5.91 Å². The van der Waals surface area contributed by atoms with Crippen molar-refractivity contribution in [2.75, 3.05) is 25.1 Å². The molecule has 3 N–H and O–H groups in total. The Morgan fingerprint density at radius 2 is 2.22 bits per heavy atom. The van der Waals surface area contributed by atoms with E-state index < -0.39 is 0 Å². The lowest BCUT2D eigenvalue weighted by Crippen LogP contribution is -2.25. The van der Waals surface area contributed by atoms with Crippen LogP contribution in [-0.4, -0.2) is 31.0 Å². The monoisotopic (exact) mass is 262 g/mol. The average Bonchev–Trinajstić information content (AvgIpc) is 2.41. The summed E-state index contributed by atoms with van der Waals surface area (Å²) < 4.78 is 0. The molecule has 0 radical (unpaired) electrons. The van der Waals surface area contributed by atoms with Crippen LogP contribution in [0.25, 0.3) is 0 Å². The normalized spacial score (nSPS) is 9.44. The van der Waals surface area contributed by atoms with Gasteiger partial charge in [0.25, 0.3) is 5.91 Å². The molecule has 0 spiro atoms. The first-order valence-corrected chi connectivity index (χ1v) is 7.24. The fraction of sp³-hybridized carbons (Fsp3) is 0.357. The third-order valence-corrected chi connectivity index (χ3v) is 3.00. The number of hydrogen-bond donors (Lipinski definition) is 2. The van der Waals surface area contributed by atoms with E-state index in [0.717, 1.165) is 17.7 Å². The van der Waals surface area contributed by atoms with E-state index in [9.17, 15) is 4.79 Å². The van der Waals surface area contributed by atoms with Crippen LogP contribution < -0.4 is 11.1 Å². The fourth-order valence-corrected chi connectivity index (χ4v) is 1.88. The van der Waals surface area contributed by atoms with Crippen molar-refractivity contribution >= 4 is 17.7 Å². The molecule has 1 amide bonds. The van der Waals surface area contributed by atoms with Gasteiger partial charge in [0.05, 0.1) is 12.1 Å². The molecular weight excluding hydrogens is 244 g/mol. The zero-order valence-corrected chi connectivity index (χ0v) is 11.3. The molecule has 0 aromatic heterocycles. The van der Waals surface area contributed by atoms with Gasteiger partial charge in [-0.25, -0.2) is 0 Å². The molecule has 18 heavy (non-hydrogen) atoms.